The number of hydrogen-bond donors (Lipinski definition) is 1. The average molecular weight is 609 g/mol. The summed E-state index contributed by atoms with van der Waals surface area (Å²) in [5.41, 5.74) is 4.00. The van der Waals surface area contributed by atoms with Crippen molar-refractivity contribution >= 4 is 23.4 Å². The van der Waals surface area contributed by atoms with E-state index in [1.165, 1.54) is 13.2 Å². The van der Waals surface area contributed by atoms with Crippen LogP contribution < -0.4 is 10.1 Å². The quantitative estimate of drug-likeness (QED) is 0.129. The maximum Gasteiger partial charge on any atom is 0.410 e. The number of carbonyl (C=O) groups is 2. The Morgan fingerprint density at radius 2 is 1.93 bits per heavy atom. The summed E-state index contributed by atoms with van der Waals surface area (Å²) in [4.78, 5) is 42.2. The minimum atomic E-state index is -0.599. The van der Waals surface area contributed by atoms with Gasteiger partial charge in [-0.25, -0.2) is 14.3 Å². The van der Waals surface area contributed by atoms with Crippen LogP contribution in [0.15, 0.2) is 30.5 Å². The highest BCUT2D eigenvalue weighted by Crippen LogP contribution is 2.35. The molecular formula is C31H40N6O7. The first kappa shape index (κ1) is 32.2. The fourth-order valence-corrected chi connectivity index (χ4v) is 5.08. The third-order valence-corrected chi connectivity index (χ3v) is 7.13. The minimum Gasteiger partial charge on any atom is -0.477 e. The van der Waals surface area contributed by atoms with E-state index in [0.717, 1.165) is 30.4 Å². The molecule has 1 aliphatic heterocycles. The van der Waals surface area contributed by atoms with Crippen molar-refractivity contribution in [1.82, 2.24) is 19.7 Å². The second-order valence-electron chi connectivity index (χ2n) is 11.7. The maximum atomic E-state index is 12.6. The molecule has 3 aromatic rings. The number of hydrogen-bond acceptors (Lipinski definition) is 10. The summed E-state index contributed by atoms with van der Waals surface area (Å²) >= 11 is 0. The van der Waals surface area contributed by atoms with Gasteiger partial charge in [-0.15, -0.1) is 0 Å². The molecule has 44 heavy (non-hydrogen) atoms. The Morgan fingerprint density at radius 1 is 1.16 bits per heavy atom. The summed E-state index contributed by atoms with van der Waals surface area (Å²) in [6, 6.07) is 6.54. The number of amides is 1. The van der Waals surface area contributed by atoms with Crippen LogP contribution in [0.3, 0.4) is 0 Å². The number of nitrogens with zero attached hydrogens (tertiary/aromatic N) is 5. The fraction of sp³-hybridized carbons (Fsp3) is 0.484. The Bertz CT molecular complexity index is 1530. The summed E-state index contributed by atoms with van der Waals surface area (Å²) in [5, 5.41) is 19.4. The topological polar surface area (TPSA) is 151 Å². The molecular weight excluding hydrogens is 568 g/mol. The van der Waals surface area contributed by atoms with E-state index in [4.69, 9.17) is 14.2 Å². The number of methoxy groups -OCH3 is 1. The molecule has 13 nitrogen and oxygen atoms in total. The largest absolute Gasteiger partial charge is 0.477 e. The van der Waals surface area contributed by atoms with Crippen LogP contribution in [0, 0.1) is 17.0 Å². The molecule has 0 aliphatic carbocycles. The number of unbranched alkanes of at least 4 members (excludes halogenated alkanes) is 2. The van der Waals surface area contributed by atoms with Gasteiger partial charge in [0.2, 0.25) is 5.88 Å². The van der Waals surface area contributed by atoms with Crippen molar-refractivity contribution in [2.45, 2.75) is 65.5 Å². The van der Waals surface area contributed by atoms with Crippen LogP contribution in [0.25, 0.3) is 11.3 Å². The van der Waals surface area contributed by atoms with Gasteiger partial charge in [0, 0.05) is 38.4 Å². The lowest BCUT2D eigenvalue weighted by molar-refractivity contribution is -0.384. The van der Waals surface area contributed by atoms with Crippen LogP contribution in [0.2, 0.25) is 0 Å². The molecule has 0 saturated heterocycles. The summed E-state index contributed by atoms with van der Waals surface area (Å²) in [6.07, 6.45) is 4.11. The highest BCUT2D eigenvalue weighted by atomic mass is 16.6. The molecule has 0 spiro atoms. The highest BCUT2D eigenvalue weighted by molar-refractivity contribution is 5.90. The minimum absolute atomic E-state index is 0.0293. The second-order valence-corrected chi connectivity index (χ2v) is 11.7. The molecule has 3 heterocycles. The number of aryl methyl sites for hydroxylation is 2. The number of ether oxygens (including phenoxy) is 3. The zero-order chi connectivity index (χ0) is 32.0. The predicted octanol–water partition coefficient (Wildman–Crippen LogP) is 5.44. The predicted molar refractivity (Wildman–Crippen MR) is 164 cm³/mol. The lowest BCUT2D eigenvalue weighted by Gasteiger charge is -2.32. The van der Waals surface area contributed by atoms with Crippen molar-refractivity contribution in [2.24, 2.45) is 7.05 Å². The zero-order valence-corrected chi connectivity index (χ0v) is 26.1. The molecule has 1 aromatic carbocycles. The first-order valence-corrected chi connectivity index (χ1v) is 14.6. The normalized spacial score (nSPS) is 12.8. The van der Waals surface area contributed by atoms with Crippen LogP contribution in [0.5, 0.6) is 5.88 Å². The highest BCUT2D eigenvalue weighted by Gasteiger charge is 2.29. The van der Waals surface area contributed by atoms with Crippen LogP contribution in [0.4, 0.5) is 16.2 Å². The van der Waals surface area contributed by atoms with E-state index in [-0.39, 0.29) is 10.6 Å². The van der Waals surface area contributed by atoms with Gasteiger partial charge in [-0.3, -0.25) is 15.1 Å². The molecule has 0 fully saturated rings. The van der Waals surface area contributed by atoms with Crippen LogP contribution in [-0.4, -0.2) is 69.1 Å². The lowest BCUT2D eigenvalue weighted by Crippen LogP contribution is -2.40. The number of carbonyl (C=O) groups excluding carboxylic acids is 2. The molecule has 1 N–H and O–H groups in total. The lowest BCUT2D eigenvalue weighted by atomic mass is 9.96. The first-order chi connectivity index (χ1) is 20.9. The molecule has 0 atom stereocenters. The van der Waals surface area contributed by atoms with Gasteiger partial charge < -0.3 is 24.4 Å². The molecule has 0 unspecified atom stereocenters. The molecule has 0 saturated carbocycles. The molecule has 13 heteroatoms. The van der Waals surface area contributed by atoms with Gasteiger partial charge in [-0.1, -0.05) is 0 Å². The van der Waals surface area contributed by atoms with Gasteiger partial charge in [-0.05, 0) is 82.7 Å². The van der Waals surface area contributed by atoms with Gasteiger partial charge in [-0.2, -0.15) is 5.10 Å². The molecule has 236 valence electrons. The summed E-state index contributed by atoms with van der Waals surface area (Å²) in [7, 11) is 3.11. The van der Waals surface area contributed by atoms with Gasteiger partial charge in [0.25, 0.3) is 5.69 Å². The van der Waals surface area contributed by atoms with Gasteiger partial charge >= 0.3 is 12.1 Å². The third kappa shape index (κ3) is 7.82. The Labute approximate surface area is 256 Å². The smallest absolute Gasteiger partial charge is 0.410 e. The van der Waals surface area contributed by atoms with E-state index >= 15 is 0 Å². The maximum absolute atomic E-state index is 12.6. The van der Waals surface area contributed by atoms with Crippen molar-refractivity contribution in [2.75, 3.05) is 32.1 Å². The molecule has 2 aromatic heterocycles. The average Bonchev–Trinajstić information content (AvgIpc) is 3.34. The number of nitrogens with one attached hydrogen (secondary N) is 1. The number of fused-ring (bicyclic) bond motifs is 1. The molecule has 0 radical (unpaired) electrons. The number of anilines is 1. The van der Waals surface area contributed by atoms with Crippen molar-refractivity contribution in [3.8, 4) is 17.1 Å². The first-order valence-electron chi connectivity index (χ1n) is 14.6. The van der Waals surface area contributed by atoms with Crippen LogP contribution >= 0.6 is 0 Å². The van der Waals surface area contributed by atoms with E-state index in [1.807, 2.05) is 20.8 Å². The molecule has 4 rings (SSSR count). The zero-order valence-electron chi connectivity index (χ0n) is 26.1. The molecule has 1 aliphatic rings. The van der Waals surface area contributed by atoms with Crippen molar-refractivity contribution < 1.29 is 28.7 Å². The number of benzene rings is 1. The SMILES string of the molecule is COC(=O)c1cc(C)nc(-c2cnn(C)c2OCCCCCNc2c([N+](=O)[O-])ccc3c2CCN(C(=O)OC(C)(C)C)C3)c1. The standard InChI is InChI=1S/C31H40N6O7/c1-20-16-22(29(38)42-6)17-25(34-20)24-18-33-35(5)28(24)43-15-9-7-8-13-32-27-23-12-14-36(30(39)44-31(2,3)4)19-21(23)10-11-26(27)37(40)41/h10-11,16-18,32H,7-9,12-15,19H2,1-6H3. The number of esters is 1. The summed E-state index contributed by atoms with van der Waals surface area (Å²) < 4.78 is 18.1. The van der Waals surface area contributed by atoms with Gasteiger partial charge in [0.1, 0.15) is 11.3 Å². The van der Waals surface area contributed by atoms with E-state index in [9.17, 15) is 19.7 Å². The number of rotatable bonds is 11. The van der Waals surface area contributed by atoms with E-state index in [0.29, 0.717) is 66.7 Å². The Balaban J connectivity index is 1.32. The second kappa shape index (κ2) is 13.7. The van der Waals surface area contributed by atoms with Crippen LogP contribution in [-0.2, 0) is 29.5 Å². The third-order valence-electron chi connectivity index (χ3n) is 7.13. The van der Waals surface area contributed by atoms with Gasteiger partial charge in [0.15, 0.2) is 0 Å². The van der Waals surface area contributed by atoms with E-state index in [1.54, 1.807) is 47.9 Å². The number of aromatic nitrogens is 3. The summed E-state index contributed by atoms with van der Waals surface area (Å²) in [6.45, 7) is 9.02. The Morgan fingerprint density at radius 3 is 2.64 bits per heavy atom. The van der Waals surface area contributed by atoms with E-state index < -0.39 is 17.7 Å². The van der Waals surface area contributed by atoms with Gasteiger partial charge in [0.05, 0.1) is 41.7 Å². The molecule has 0 bridgehead atoms. The summed E-state index contributed by atoms with van der Waals surface area (Å²) in [5.74, 6) is 0.102. The van der Waals surface area contributed by atoms with Crippen molar-refractivity contribution in [3.05, 3.63) is 63.0 Å². The molecule has 1 amide bonds. The van der Waals surface area contributed by atoms with Crippen LogP contribution in [0.1, 0.15) is 67.2 Å². The Kier molecular flexibility index (Phi) is 10.1. The monoisotopic (exact) mass is 608 g/mol. The van der Waals surface area contributed by atoms with Crippen molar-refractivity contribution in [3.63, 3.8) is 0 Å². The van der Waals surface area contributed by atoms with E-state index in [2.05, 4.69) is 15.4 Å². The number of nitro groups is 1. The van der Waals surface area contributed by atoms with Crippen molar-refractivity contribution in [1.29, 1.82) is 0 Å². The number of pyridine rings is 1. The number of nitro benzene ring substituents is 1. The fourth-order valence-electron chi connectivity index (χ4n) is 5.08. The Hall–Kier alpha value is -4.68.